The van der Waals surface area contributed by atoms with Gasteiger partial charge in [0.25, 0.3) is 0 Å². The molecule has 0 aliphatic heterocycles. The predicted octanol–water partition coefficient (Wildman–Crippen LogP) is 3.29. The van der Waals surface area contributed by atoms with E-state index < -0.39 is 33.9 Å². The van der Waals surface area contributed by atoms with Crippen molar-refractivity contribution in [3.63, 3.8) is 0 Å². The minimum absolute atomic E-state index is 0.345. The smallest absolute Gasteiger partial charge is 0.322 e. The second kappa shape index (κ2) is 4.05. The van der Waals surface area contributed by atoms with E-state index in [4.69, 9.17) is 11.6 Å². The first kappa shape index (κ1) is 13.5. The molecule has 0 aliphatic rings. The molecule has 0 saturated heterocycles. The number of nitro groups is 1. The third-order valence-electron chi connectivity index (χ3n) is 2.46. The molecule has 0 saturated carbocycles. The first-order valence-electron chi connectivity index (χ1n) is 4.70. The number of hydrogen-bond acceptors (Lipinski definition) is 3. The molecule has 19 heavy (non-hydrogen) atoms. The molecule has 1 aromatic heterocycles. The molecule has 5 nitrogen and oxygen atoms in total. The summed E-state index contributed by atoms with van der Waals surface area (Å²) in [6, 6.07) is 0.587. The fraction of sp³-hybridized carbons (Fsp3) is 0.222. The lowest BCUT2D eigenvalue weighted by Crippen LogP contribution is -2.12. The zero-order valence-corrected chi connectivity index (χ0v) is 9.88. The lowest BCUT2D eigenvalue weighted by molar-refractivity contribution is -0.385. The van der Waals surface area contributed by atoms with E-state index in [2.05, 4.69) is 4.98 Å². The second-order valence-corrected chi connectivity index (χ2v) is 4.04. The van der Waals surface area contributed by atoms with Gasteiger partial charge >= 0.3 is 11.9 Å². The van der Waals surface area contributed by atoms with E-state index in [9.17, 15) is 27.7 Å². The largest absolute Gasteiger partial charge is 0.449 e. The number of imidazole rings is 1. The molecule has 0 amide bonds. The number of rotatable bonds is 1. The molecule has 1 aromatic carbocycles. The van der Waals surface area contributed by atoms with Crippen LogP contribution in [0.25, 0.3) is 11.0 Å². The third-order valence-corrected chi connectivity index (χ3v) is 2.75. The lowest BCUT2D eigenvalue weighted by Gasteiger charge is -2.05. The van der Waals surface area contributed by atoms with Gasteiger partial charge in [0, 0.05) is 13.1 Å². The lowest BCUT2D eigenvalue weighted by atomic mass is 10.2. The van der Waals surface area contributed by atoms with Crippen LogP contribution in [-0.4, -0.2) is 14.5 Å². The number of fused-ring (bicyclic) bond motifs is 1. The van der Waals surface area contributed by atoms with Gasteiger partial charge in [0.1, 0.15) is 0 Å². The van der Waals surface area contributed by atoms with Crippen LogP contribution in [0.15, 0.2) is 6.07 Å². The van der Waals surface area contributed by atoms with E-state index in [1.807, 2.05) is 0 Å². The zero-order chi connectivity index (χ0) is 14.5. The zero-order valence-electron chi connectivity index (χ0n) is 9.13. The van der Waals surface area contributed by atoms with Crippen molar-refractivity contribution >= 4 is 28.3 Å². The fourth-order valence-electron chi connectivity index (χ4n) is 1.73. The highest BCUT2D eigenvalue weighted by atomic mass is 35.5. The van der Waals surface area contributed by atoms with E-state index in [0.29, 0.717) is 10.6 Å². The van der Waals surface area contributed by atoms with Gasteiger partial charge < -0.3 is 4.57 Å². The van der Waals surface area contributed by atoms with Gasteiger partial charge in [-0.15, -0.1) is 0 Å². The Balaban J connectivity index is 2.97. The molecule has 2 aromatic rings. The molecule has 0 aliphatic carbocycles. The topological polar surface area (TPSA) is 61.0 Å². The Hall–Kier alpha value is -1.90. The van der Waals surface area contributed by atoms with Crippen LogP contribution < -0.4 is 0 Å². The van der Waals surface area contributed by atoms with Crippen LogP contribution >= 0.6 is 11.6 Å². The van der Waals surface area contributed by atoms with E-state index in [0.717, 1.165) is 7.05 Å². The highest BCUT2D eigenvalue weighted by molar-refractivity contribution is 6.35. The van der Waals surface area contributed by atoms with E-state index in [-0.39, 0.29) is 10.5 Å². The Morgan fingerprint density at radius 2 is 2.05 bits per heavy atom. The predicted molar refractivity (Wildman–Crippen MR) is 57.3 cm³/mol. The molecule has 0 fully saturated rings. The number of alkyl halides is 3. The average molecular weight is 298 g/mol. The Kier molecular flexibility index (Phi) is 2.89. The van der Waals surface area contributed by atoms with Crippen molar-refractivity contribution in [1.82, 2.24) is 9.55 Å². The molecular formula is C9H4ClF4N3O2. The molecule has 1 heterocycles. The molecule has 102 valence electrons. The molecule has 0 bridgehead atoms. The van der Waals surface area contributed by atoms with Crippen LogP contribution in [0.2, 0.25) is 5.02 Å². The minimum atomic E-state index is -4.83. The summed E-state index contributed by atoms with van der Waals surface area (Å²) >= 11 is 5.62. The van der Waals surface area contributed by atoms with Gasteiger partial charge in [-0.05, 0) is 0 Å². The first-order chi connectivity index (χ1) is 8.64. The summed E-state index contributed by atoms with van der Waals surface area (Å²) in [6.07, 6.45) is -4.83. The SMILES string of the molecule is Cn1c(C(F)(F)F)nc2c([N+](=O)[O-])c(F)cc(Cl)c21. The van der Waals surface area contributed by atoms with Gasteiger partial charge in [-0.25, -0.2) is 4.98 Å². The van der Waals surface area contributed by atoms with Crippen molar-refractivity contribution in [2.24, 2.45) is 7.05 Å². The van der Waals surface area contributed by atoms with Crippen molar-refractivity contribution in [3.05, 3.63) is 32.8 Å². The molecule has 0 unspecified atom stereocenters. The summed E-state index contributed by atoms with van der Waals surface area (Å²) in [4.78, 5) is 12.7. The monoisotopic (exact) mass is 297 g/mol. The number of aromatic nitrogens is 2. The fourth-order valence-corrected chi connectivity index (χ4v) is 2.04. The van der Waals surface area contributed by atoms with Crippen molar-refractivity contribution in [3.8, 4) is 0 Å². The van der Waals surface area contributed by atoms with E-state index in [1.54, 1.807) is 0 Å². The van der Waals surface area contributed by atoms with E-state index in [1.165, 1.54) is 0 Å². The van der Waals surface area contributed by atoms with Gasteiger partial charge in [-0.3, -0.25) is 10.1 Å². The highest BCUT2D eigenvalue weighted by Gasteiger charge is 2.39. The summed E-state index contributed by atoms with van der Waals surface area (Å²) < 4.78 is 51.9. The summed E-state index contributed by atoms with van der Waals surface area (Å²) in [6.45, 7) is 0. The molecule has 2 rings (SSSR count). The maximum absolute atomic E-state index is 13.4. The quantitative estimate of drug-likeness (QED) is 0.461. The van der Waals surface area contributed by atoms with Gasteiger partial charge in [0.05, 0.1) is 15.5 Å². The average Bonchev–Trinajstić information content (AvgIpc) is 2.55. The van der Waals surface area contributed by atoms with Crippen LogP contribution in [0, 0.1) is 15.9 Å². The Bertz CT molecular complexity index is 695. The Labute approximate surface area is 107 Å². The molecule has 0 atom stereocenters. The molecule has 0 N–H and O–H groups in total. The van der Waals surface area contributed by atoms with Crippen LogP contribution in [0.5, 0.6) is 0 Å². The standard InChI is InChI=1S/C9H4ClF4N3O2/c1-16-6-3(10)2-4(11)7(17(18)19)5(6)15-8(16)9(12,13)14/h2H,1H3. The Morgan fingerprint density at radius 1 is 1.47 bits per heavy atom. The number of nitro benzene ring substituents is 1. The normalized spacial score (nSPS) is 12.1. The van der Waals surface area contributed by atoms with Gasteiger partial charge in [-0.1, -0.05) is 11.6 Å². The summed E-state index contributed by atoms with van der Waals surface area (Å²) in [5.41, 5.74) is -2.21. The first-order valence-corrected chi connectivity index (χ1v) is 5.08. The maximum Gasteiger partial charge on any atom is 0.449 e. The number of benzene rings is 1. The highest BCUT2D eigenvalue weighted by Crippen LogP contribution is 2.38. The van der Waals surface area contributed by atoms with Crippen LogP contribution in [0.1, 0.15) is 5.82 Å². The molecular weight excluding hydrogens is 294 g/mol. The van der Waals surface area contributed by atoms with Gasteiger partial charge in [0.2, 0.25) is 11.6 Å². The molecule has 0 spiro atoms. The van der Waals surface area contributed by atoms with Crippen LogP contribution in [-0.2, 0) is 13.2 Å². The van der Waals surface area contributed by atoms with Crippen molar-refractivity contribution in [1.29, 1.82) is 0 Å². The minimum Gasteiger partial charge on any atom is -0.322 e. The van der Waals surface area contributed by atoms with Crippen LogP contribution in [0.3, 0.4) is 0 Å². The summed E-state index contributed by atoms with van der Waals surface area (Å²) in [5, 5.41) is 10.3. The Morgan fingerprint density at radius 3 is 2.53 bits per heavy atom. The summed E-state index contributed by atoms with van der Waals surface area (Å²) in [7, 11) is 0.992. The van der Waals surface area contributed by atoms with Crippen molar-refractivity contribution < 1.29 is 22.5 Å². The molecule has 0 radical (unpaired) electrons. The van der Waals surface area contributed by atoms with Gasteiger partial charge in [-0.2, -0.15) is 17.6 Å². The van der Waals surface area contributed by atoms with Crippen molar-refractivity contribution in [2.75, 3.05) is 0 Å². The maximum atomic E-state index is 13.4. The number of hydrogen-bond donors (Lipinski definition) is 0. The van der Waals surface area contributed by atoms with Crippen LogP contribution in [0.4, 0.5) is 23.2 Å². The molecule has 10 heteroatoms. The second-order valence-electron chi connectivity index (χ2n) is 3.64. The van der Waals surface area contributed by atoms with Crippen molar-refractivity contribution in [2.45, 2.75) is 6.18 Å². The summed E-state index contributed by atoms with van der Waals surface area (Å²) in [5.74, 6) is -2.73. The number of nitrogens with zero attached hydrogens (tertiary/aromatic N) is 3. The van der Waals surface area contributed by atoms with Gasteiger partial charge in [0.15, 0.2) is 5.52 Å². The number of halogens is 5. The van der Waals surface area contributed by atoms with E-state index >= 15 is 0 Å². The third kappa shape index (κ3) is 1.99. The number of aryl methyl sites for hydroxylation is 1.